The predicted molar refractivity (Wildman–Crippen MR) is 130 cm³/mol. The minimum atomic E-state index is -0.0616. The topological polar surface area (TPSA) is 96.4 Å². The van der Waals surface area contributed by atoms with Crippen molar-refractivity contribution < 1.29 is 14.3 Å². The standard InChI is InChI=1S/C24H28N6O3S/c1-17-5-4-6-19(13-17)30-23(29-9-11-33-12-10-29)26-27-24(30)34-16-21(31)18-14-20(25-15-18)22(32)28-7-2-3-8-28/h4-6,13-15,25H,2-3,7-12,16H2,1H3. The molecule has 0 unspecified atom stereocenters. The number of ether oxygens (including phenoxy) is 1. The Morgan fingerprint density at radius 2 is 1.88 bits per heavy atom. The number of benzene rings is 1. The molecule has 2 saturated heterocycles. The van der Waals surface area contributed by atoms with Crippen molar-refractivity contribution in [2.45, 2.75) is 24.9 Å². The summed E-state index contributed by atoms with van der Waals surface area (Å²) >= 11 is 1.35. The zero-order valence-corrected chi connectivity index (χ0v) is 20.0. The second-order valence-electron chi connectivity index (χ2n) is 8.57. The Balaban J connectivity index is 1.34. The highest BCUT2D eigenvalue weighted by molar-refractivity contribution is 7.99. The lowest BCUT2D eigenvalue weighted by Gasteiger charge is -2.28. The number of nitrogens with one attached hydrogen (secondary N) is 1. The average molecular weight is 481 g/mol. The molecule has 34 heavy (non-hydrogen) atoms. The van der Waals surface area contributed by atoms with Crippen molar-refractivity contribution in [2.24, 2.45) is 0 Å². The fourth-order valence-electron chi connectivity index (χ4n) is 4.30. The highest BCUT2D eigenvalue weighted by Crippen LogP contribution is 2.28. The summed E-state index contributed by atoms with van der Waals surface area (Å²) in [6.07, 6.45) is 3.68. The SMILES string of the molecule is Cc1cccc(-n2c(SCC(=O)c3c[nH]c(C(=O)N4CCCC4)c3)nnc2N2CCOCC2)c1. The Morgan fingerprint density at radius 1 is 1.09 bits per heavy atom. The van der Waals surface area contributed by atoms with Gasteiger partial charge in [-0.3, -0.25) is 14.2 Å². The molecule has 1 N–H and O–H groups in total. The summed E-state index contributed by atoms with van der Waals surface area (Å²) in [5.41, 5.74) is 3.06. The first-order valence-electron chi connectivity index (χ1n) is 11.6. The molecule has 0 radical (unpaired) electrons. The number of carbonyl (C=O) groups is 2. The van der Waals surface area contributed by atoms with Gasteiger partial charge in [-0.2, -0.15) is 0 Å². The van der Waals surface area contributed by atoms with Gasteiger partial charge in [0.05, 0.1) is 24.7 Å². The molecule has 10 heteroatoms. The molecule has 0 bridgehead atoms. The van der Waals surface area contributed by atoms with Crippen molar-refractivity contribution in [3.05, 3.63) is 53.3 Å². The average Bonchev–Trinajstić information content (AvgIpc) is 3.63. The van der Waals surface area contributed by atoms with Gasteiger partial charge in [0.25, 0.3) is 5.91 Å². The van der Waals surface area contributed by atoms with Crippen LogP contribution in [0, 0.1) is 6.92 Å². The van der Waals surface area contributed by atoms with Crippen molar-refractivity contribution in [1.82, 2.24) is 24.6 Å². The molecule has 3 aromatic rings. The zero-order chi connectivity index (χ0) is 23.5. The van der Waals surface area contributed by atoms with Crippen molar-refractivity contribution in [3.8, 4) is 5.69 Å². The monoisotopic (exact) mass is 480 g/mol. The van der Waals surface area contributed by atoms with E-state index in [1.165, 1.54) is 11.8 Å². The molecule has 1 aromatic carbocycles. The number of nitrogens with zero attached hydrogens (tertiary/aromatic N) is 5. The van der Waals surface area contributed by atoms with E-state index in [0.717, 1.165) is 56.2 Å². The number of H-pyrrole nitrogens is 1. The molecule has 1 amide bonds. The van der Waals surface area contributed by atoms with Crippen molar-refractivity contribution in [1.29, 1.82) is 0 Å². The number of thioether (sulfide) groups is 1. The minimum Gasteiger partial charge on any atom is -0.378 e. The first-order chi connectivity index (χ1) is 16.6. The van der Waals surface area contributed by atoms with Gasteiger partial charge in [-0.25, -0.2) is 0 Å². The van der Waals surface area contributed by atoms with Crippen LogP contribution in [0.3, 0.4) is 0 Å². The first kappa shape index (κ1) is 22.7. The summed E-state index contributed by atoms with van der Waals surface area (Å²) in [7, 11) is 0. The number of likely N-dealkylation sites (tertiary alicyclic amines) is 1. The van der Waals surface area contributed by atoms with E-state index in [0.29, 0.717) is 29.6 Å². The van der Waals surface area contributed by atoms with Gasteiger partial charge in [0.1, 0.15) is 5.69 Å². The number of aromatic nitrogens is 4. The fraction of sp³-hybridized carbons (Fsp3) is 0.417. The number of aromatic amines is 1. The van der Waals surface area contributed by atoms with Crippen molar-refractivity contribution in [3.63, 3.8) is 0 Å². The molecular weight excluding hydrogens is 452 g/mol. The van der Waals surface area contributed by atoms with E-state index in [-0.39, 0.29) is 17.4 Å². The second-order valence-corrected chi connectivity index (χ2v) is 9.51. The summed E-state index contributed by atoms with van der Waals surface area (Å²) in [5, 5.41) is 9.54. The Kier molecular flexibility index (Phi) is 6.68. The number of amides is 1. The number of anilines is 1. The number of morpholine rings is 1. The van der Waals surface area contributed by atoms with E-state index in [9.17, 15) is 9.59 Å². The van der Waals surface area contributed by atoms with Gasteiger partial charge in [-0.05, 0) is 43.5 Å². The van der Waals surface area contributed by atoms with Crippen LogP contribution in [0.5, 0.6) is 0 Å². The number of Topliss-reactive ketones (excluding diaryl/α,β-unsaturated/α-hetero) is 1. The number of rotatable bonds is 7. The van der Waals surface area contributed by atoms with Crippen LogP contribution >= 0.6 is 11.8 Å². The van der Waals surface area contributed by atoms with Gasteiger partial charge in [0, 0.05) is 37.9 Å². The molecule has 9 nitrogen and oxygen atoms in total. The maximum absolute atomic E-state index is 12.9. The van der Waals surface area contributed by atoms with E-state index in [1.54, 1.807) is 12.3 Å². The minimum absolute atomic E-state index is 0.0430. The molecule has 2 aliphatic rings. The largest absolute Gasteiger partial charge is 0.378 e. The lowest BCUT2D eigenvalue weighted by Crippen LogP contribution is -2.37. The van der Waals surface area contributed by atoms with Gasteiger partial charge in [-0.1, -0.05) is 23.9 Å². The van der Waals surface area contributed by atoms with E-state index >= 15 is 0 Å². The maximum Gasteiger partial charge on any atom is 0.270 e. The van der Waals surface area contributed by atoms with Crippen LogP contribution in [0.4, 0.5) is 5.95 Å². The van der Waals surface area contributed by atoms with Crippen LogP contribution in [0.15, 0.2) is 41.7 Å². The Hall–Kier alpha value is -3.11. The van der Waals surface area contributed by atoms with Crippen LogP contribution < -0.4 is 4.90 Å². The lowest BCUT2D eigenvalue weighted by atomic mass is 10.2. The van der Waals surface area contributed by atoms with Crippen LogP contribution in [-0.4, -0.2) is 81.5 Å². The molecule has 0 atom stereocenters. The molecule has 178 valence electrons. The zero-order valence-electron chi connectivity index (χ0n) is 19.2. The smallest absolute Gasteiger partial charge is 0.270 e. The predicted octanol–water partition coefficient (Wildman–Crippen LogP) is 2.95. The van der Waals surface area contributed by atoms with E-state index in [4.69, 9.17) is 4.74 Å². The number of hydrogen-bond acceptors (Lipinski definition) is 7. The molecule has 4 heterocycles. The highest BCUT2D eigenvalue weighted by Gasteiger charge is 2.24. The Morgan fingerprint density at radius 3 is 2.65 bits per heavy atom. The molecule has 0 saturated carbocycles. The number of ketones is 1. The number of aryl methyl sites for hydroxylation is 1. The summed E-state index contributed by atoms with van der Waals surface area (Å²) in [6, 6.07) is 9.82. The summed E-state index contributed by atoms with van der Waals surface area (Å²) in [4.78, 5) is 32.5. The first-order valence-corrected chi connectivity index (χ1v) is 12.6. The fourth-order valence-corrected chi connectivity index (χ4v) is 5.14. The molecule has 2 fully saturated rings. The van der Waals surface area contributed by atoms with Gasteiger partial charge in [0.15, 0.2) is 10.9 Å². The molecular formula is C24H28N6O3S. The van der Waals surface area contributed by atoms with Gasteiger partial charge >= 0.3 is 0 Å². The second kappa shape index (κ2) is 10.0. The lowest BCUT2D eigenvalue weighted by molar-refractivity contribution is 0.0787. The summed E-state index contributed by atoms with van der Waals surface area (Å²) in [6.45, 7) is 6.37. The van der Waals surface area contributed by atoms with Gasteiger partial charge < -0.3 is 19.5 Å². The third kappa shape index (κ3) is 4.74. The van der Waals surface area contributed by atoms with Crippen molar-refractivity contribution >= 4 is 29.4 Å². The van der Waals surface area contributed by atoms with Crippen molar-refractivity contribution in [2.75, 3.05) is 50.0 Å². The molecule has 2 aliphatic heterocycles. The summed E-state index contributed by atoms with van der Waals surface area (Å²) < 4.78 is 7.50. The number of hydrogen-bond donors (Lipinski definition) is 1. The molecule has 0 spiro atoms. The highest BCUT2D eigenvalue weighted by atomic mass is 32.2. The van der Waals surface area contributed by atoms with Gasteiger partial charge in [0.2, 0.25) is 5.95 Å². The van der Waals surface area contributed by atoms with E-state index in [2.05, 4.69) is 26.1 Å². The van der Waals surface area contributed by atoms with E-state index in [1.807, 2.05) is 34.6 Å². The summed E-state index contributed by atoms with van der Waals surface area (Å²) in [5.74, 6) is 0.846. The van der Waals surface area contributed by atoms with Crippen LogP contribution in [0.25, 0.3) is 5.69 Å². The number of carbonyl (C=O) groups excluding carboxylic acids is 2. The quantitative estimate of drug-likeness (QED) is 0.410. The third-order valence-electron chi connectivity index (χ3n) is 6.13. The van der Waals surface area contributed by atoms with Crippen LogP contribution in [-0.2, 0) is 4.74 Å². The Bertz CT molecular complexity index is 1180. The molecule has 5 rings (SSSR count). The molecule has 2 aromatic heterocycles. The van der Waals surface area contributed by atoms with Gasteiger partial charge in [-0.15, -0.1) is 10.2 Å². The normalized spacial score (nSPS) is 16.3. The third-order valence-corrected chi connectivity index (χ3v) is 7.06. The van der Waals surface area contributed by atoms with Crippen LogP contribution in [0.1, 0.15) is 39.3 Å². The maximum atomic E-state index is 12.9. The Labute approximate surface area is 202 Å². The van der Waals surface area contributed by atoms with E-state index < -0.39 is 0 Å². The molecule has 0 aliphatic carbocycles. The van der Waals surface area contributed by atoms with Crippen LogP contribution in [0.2, 0.25) is 0 Å².